The number of likely N-dealkylation sites (tertiary alicyclic amines) is 1. The van der Waals surface area contributed by atoms with Crippen molar-refractivity contribution in [2.45, 2.75) is 25.7 Å². The second-order valence-electron chi connectivity index (χ2n) is 2.91. The Kier molecular flexibility index (Phi) is 2.95. The lowest BCUT2D eigenvalue weighted by molar-refractivity contribution is -0.151. The fourth-order valence-corrected chi connectivity index (χ4v) is 1.18. The lowest BCUT2D eigenvalue weighted by Gasteiger charge is -2.10. The van der Waals surface area contributed by atoms with E-state index in [0.717, 1.165) is 0 Å². The van der Waals surface area contributed by atoms with Gasteiger partial charge in [0.2, 0.25) is 17.7 Å². The predicted molar refractivity (Wildman–Crippen MR) is 43.0 cm³/mol. The smallest absolute Gasteiger partial charge is 0.303 e. The van der Waals surface area contributed by atoms with Gasteiger partial charge in [-0.2, -0.15) is 0 Å². The van der Waals surface area contributed by atoms with Crippen LogP contribution in [-0.4, -0.2) is 33.7 Å². The van der Waals surface area contributed by atoms with E-state index in [2.05, 4.69) is 0 Å². The van der Waals surface area contributed by atoms with Crippen LogP contribution in [0.1, 0.15) is 25.7 Å². The van der Waals surface area contributed by atoms with Crippen LogP contribution in [0.5, 0.6) is 0 Å². The summed E-state index contributed by atoms with van der Waals surface area (Å²) < 4.78 is 0. The Hall–Kier alpha value is -1.72. The van der Waals surface area contributed by atoms with Gasteiger partial charge in [-0.1, -0.05) is 0 Å². The van der Waals surface area contributed by atoms with Crippen LogP contribution < -0.4 is 0 Å². The molecule has 0 saturated carbocycles. The van der Waals surface area contributed by atoms with E-state index in [9.17, 15) is 19.2 Å². The third kappa shape index (κ3) is 2.15. The number of nitrogens with zero attached hydrogens (tertiary/aromatic N) is 1. The second kappa shape index (κ2) is 3.99. The molecule has 0 bridgehead atoms. The van der Waals surface area contributed by atoms with E-state index >= 15 is 0 Å². The molecule has 0 spiro atoms. The van der Waals surface area contributed by atoms with Crippen molar-refractivity contribution in [1.82, 2.24) is 4.90 Å². The Labute approximate surface area is 79.5 Å². The monoisotopic (exact) mass is 199 g/mol. The zero-order valence-corrected chi connectivity index (χ0v) is 7.36. The average Bonchev–Trinajstić information content (AvgIpc) is 2.42. The van der Waals surface area contributed by atoms with Gasteiger partial charge in [0.25, 0.3) is 0 Å². The molecule has 0 aromatic carbocycles. The van der Waals surface area contributed by atoms with E-state index in [0.29, 0.717) is 4.90 Å². The molecule has 0 atom stereocenters. The third-order valence-electron chi connectivity index (χ3n) is 1.85. The third-order valence-corrected chi connectivity index (χ3v) is 1.85. The molecule has 1 saturated heterocycles. The summed E-state index contributed by atoms with van der Waals surface area (Å²) >= 11 is 0. The maximum Gasteiger partial charge on any atom is 0.303 e. The first-order valence-corrected chi connectivity index (χ1v) is 4.13. The lowest BCUT2D eigenvalue weighted by Crippen LogP contribution is -2.35. The van der Waals surface area contributed by atoms with Crippen molar-refractivity contribution in [2.75, 3.05) is 0 Å². The van der Waals surface area contributed by atoms with Gasteiger partial charge >= 0.3 is 5.97 Å². The fourth-order valence-electron chi connectivity index (χ4n) is 1.18. The summed E-state index contributed by atoms with van der Waals surface area (Å²) in [5, 5.41) is 8.30. The molecule has 6 nitrogen and oxygen atoms in total. The van der Waals surface area contributed by atoms with E-state index in [-0.39, 0.29) is 25.7 Å². The lowest BCUT2D eigenvalue weighted by atomic mass is 10.3. The van der Waals surface area contributed by atoms with E-state index in [4.69, 9.17) is 5.11 Å². The van der Waals surface area contributed by atoms with E-state index in [1.807, 2.05) is 0 Å². The first kappa shape index (κ1) is 10.4. The minimum absolute atomic E-state index is 0.0393. The minimum atomic E-state index is -1.13. The number of rotatable bonds is 3. The zero-order valence-electron chi connectivity index (χ0n) is 7.36. The van der Waals surface area contributed by atoms with Crippen molar-refractivity contribution in [3.63, 3.8) is 0 Å². The van der Waals surface area contributed by atoms with Crippen LogP contribution in [0, 0.1) is 0 Å². The molecule has 0 aliphatic carbocycles. The SMILES string of the molecule is O=C(O)CCC(=O)N1C(=O)CCC1=O. The van der Waals surface area contributed by atoms with Gasteiger partial charge in [0.05, 0.1) is 6.42 Å². The second-order valence-corrected chi connectivity index (χ2v) is 2.91. The van der Waals surface area contributed by atoms with Crippen LogP contribution >= 0.6 is 0 Å². The van der Waals surface area contributed by atoms with Crippen LogP contribution in [0.15, 0.2) is 0 Å². The fraction of sp³-hybridized carbons (Fsp3) is 0.500. The van der Waals surface area contributed by atoms with Crippen LogP contribution in [0.3, 0.4) is 0 Å². The highest BCUT2D eigenvalue weighted by Crippen LogP contribution is 2.13. The molecule has 76 valence electrons. The molecule has 1 aliphatic rings. The summed E-state index contributed by atoms with van der Waals surface area (Å²) in [5.74, 6) is -2.92. The molecule has 0 unspecified atom stereocenters. The average molecular weight is 199 g/mol. The van der Waals surface area contributed by atoms with Crippen LogP contribution in [0.25, 0.3) is 0 Å². The van der Waals surface area contributed by atoms with Crippen molar-refractivity contribution in [3.05, 3.63) is 0 Å². The molecule has 1 N–H and O–H groups in total. The van der Waals surface area contributed by atoms with Crippen molar-refractivity contribution >= 4 is 23.7 Å². The number of hydrogen-bond acceptors (Lipinski definition) is 4. The molecule has 1 fully saturated rings. The normalized spacial score (nSPS) is 16.1. The van der Waals surface area contributed by atoms with Gasteiger partial charge in [-0.25, -0.2) is 4.90 Å². The molecule has 0 aromatic rings. The standard InChI is InChI=1S/C8H9NO5/c10-5-1-2-6(11)9(5)7(12)3-4-8(13)14/h1-4H2,(H,13,14). The Balaban J connectivity index is 2.55. The zero-order chi connectivity index (χ0) is 10.7. The highest BCUT2D eigenvalue weighted by Gasteiger charge is 2.33. The summed E-state index contributed by atoms with van der Waals surface area (Å²) in [4.78, 5) is 43.9. The van der Waals surface area contributed by atoms with Gasteiger partial charge in [0.1, 0.15) is 0 Å². The summed E-state index contributed by atoms with van der Waals surface area (Å²) in [5.41, 5.74) is 0. The summed E-state index contributed by atoms with van der Waals surface area (Å²) in [6.45, 7) is 0. The van der Waals surface area contributed by atoms with Gasteiger partial charge < -0.3 is 5.11 Å². The Morgan fingerprint density at radius 1 is 1.14 bits per heavy atom. The van der Waals surface area contributed by atoms with Crippen molar-refractivity contribution in [3.8, 4) is 0 Å². The highest BCUT2D eigenvalue weighted by molar-refractivity contribution is 6.15. The van der Waals surface area contributed by atoms with E-state index in [1.165, 1.54) is 0 Å². The van der Waals surface area contributed by atoms with Crippen LogP contribution in [0.2, 0.25) is 0 Å². The number of carbonyl (C=O) groups is 4. The van der Waals surface area contributed by atoms with Crippen LogP contribution in [-0.2, 0) is 19.2 Å². The van der Waals surface area contributed by atoms with Crippen molar-refractivity contribution in [2.24, 2.45) is 0 Å². The molecule has 1 aliphatic heterocycles. The number of amides is 3. The van der Waals surface area contributed by atoms with Gasteiger partial charge in [0.15, 0.2) is 0 Å². The maximum atomic E-state index is 11.2. The van der Waals surface area contributed by atoms with Crippen molar-refractivity contribution < 1.29 is 24.3 Å². The quantitative estimate of drug-likeness (QED) is 0.620. The summed E-state index contributed by atoms with van der Waals surface area (Å²) in [6, 6.07) is 0. The molecular weight excluding hydrogens is 190 g/mol. The molecular formula is C8H9NO5. The molecule has 14 heavy (non-hydrogen) atoms. The maximum absolute atomic E-state index is 11.2. The topological polar surface area (TPSA) is 91.8 Å². The Bertz CT molecular complexity index is 293. The van der Waals surface area contributed by atoms with Gasteiger partial charge in [0, 0.05) is 19.3 Å². The number of carboxylic acids is 1. The number of carbonyl (C=O) groups excluding carboxylic acids is 3. The van der Waals surface area contributed by atoms with Gasteiger partial charge in [-0.3, -0.25) is 19.2 Å². The molecule has 6 heteroatoms. The number of carboxylic acid groups (broad SMARTS) is 1. The molecule has 1 rings (SSSR count). The van der Waals surface area contributed by atoms with Crippen molar-refractivity contribution in [1.29, 1.82) is 0 Å². The van der Waals surface area contributed by atoms with Gasteiger partial charge in [-0.15, -0.1) is 0 Å². The van der Waals surface area contributed by atoms with E-state index < -0.39 is 23.7 Å². The first-order chi connectivity index (χ1) is 6.52. The molecule has 3 amide bonds. The minimum Gasteiger partial charge on any atom is -0.481 e. The number of aliphatic carboxylic acids is 1. The van der Waals surface area contributed by atoms with Crippen LogP contribution in [0.4, 0.5) is 0 Å². The number of imide groups is 3. The molecule has 0 radical (unpaired) electrons. The summed E-state index contributed by atoms with van der Waals surface area (Å²) in [6.07, 6.45) is -0.599. The Morgan fingerprint density at radius 3 is 2.07 bits per heavy atom. The molecule has 1 heterocycles. The van der Waals surface area contributed by atoms with Gasteiger partial charge in [-0.05, 0) is 0 Å². The first-order valence-electron chi connectivity index (χ1n) is 4.13. The highest BCUT2D eigenvalue weighted by atomic mass is 16.4. The van der Waals surface area contributed by atoms with E-state index in [1.54, 1.807) is 0 Å². The Morgan fingerprint density at radius 2 is 1.64 bits per heavy atom. The largest absolute Gasteiger partial charge is 0.481 e. The predicted octanol–water partition coefficient (Wildman–Crippen LogP) is -0.473. The summed E-state index contributed by atoms with van der Waals surface area (Å²) in [7, 11) is 0. The molecule has 0 aromatic heterocycles. The number of hydrogen-bond donors (Lipinski definition) is 1.